The second kappa shape index (κ2) is 14.2. The number of nitrogens with one attached hydrogen (secondary N) is 2. The first-order valence-corrected chi connectivity index (χ1v) is 19.4. The van der Waals surface area contributed by atoms with Crippen LogP contribution in [0.2, 0.25) is 0 Å². The number of anilines is 2. The number of carbonyl (C=O) groups is 2. The molecule has 2 aromatic carbocycles. The lowest BCUT2D eigenvalue weighted by molar-refractivity contribution is -0.142. The zero-order valence-corrected chi connectivity index (χ0v) is 31.6. The van der Waals surface area contributed by atoms with Gasteiger partial charge in [-0.05, 0) is 42.7 Å². The third kappa shape index (κ3) is 7.10. The summed E-state index contributed by atoms with van der Waals surface area (Å²) < 4.78 is 107. The smallest absolute Gasteiger partial charge is 0.369 e. The summed E-state index contributed by atoms with van der Waals surface area (Å²) in [6.45, 7) is -0.355. The van der Waals surface area contributed by atoms with E-state index in [0.717, 1.165) is 17.5 Å². The molecule has 12 nitrogen and oxygen atoms in total. The summed E-state index contributed by atoms with van der Waals surface area (Å²) in [4.78, 5) is 37.1. The number of para-hydroxylation sites is 1. The van der Waals surface area contributed by atoms with Crippen LogP contribution in [0.4, 0.5) is 41.7 Å². The number of amides is 2. The zero-order valence-electron chi connectivity index (χ0n) is 29.9. The Kier molecular flexibility index (Phi) is 9.57. The molecule has 1 atom stereocenters. The number of aromatic nitrogens is 6. The van der Waals surface area contributed by atoms with Crippen LogP contribution >= 0.6 is 23.3 Å². The maximum atomic E-state index is 15.0. The Morgan fingerprint density at radius 3 is 2.49 bits per heavy atom. The van der Waals surface area contributed by atoms with E-state index in [1.54, 1.807) is 29.9 Å². The summed E-state index contributed by atoms with van der Waals surface area (Å²) in [6, 6.07) is 8.73. The van der Waals surface area contributed by atoms with Crippen molar-refractivity contribution in [3.8, 4) is 11.1 Å². The highest BCUT2D eigenvalue weighted by atomic mass is 32.2. The first-order chi connectivity index (χ1) is 27.0. The number of carbonyl (C=O) groups excluding carboxylic acids is 2. The predicted octanol–water partition coefficient (Wildman–Crippen LogP) is 6.49. The number of alkyl halides is 5. The van der Waals surface area contributed by atoms with Gasteiger partial charge in [-0.2, -0.15) is 37.1 Å². The lowest BCUT2D eigenvalue weighted by Crippen LogP contribution is -2.52. The largest absolute Gasteiger partial charge is 0.435 e. The number of benzene rings is 2. The van der Waals surface area contributed by atoms with Crippen molar-refractivity contribution in [2.24, 2.45) is 18.7 Å². The second-order valence-corrected chi connectivity index (χ2v) is 15.5. The van der Waals surface area contributed by atoms with Crippen LogP contribution in [0.15, 0.2) is 42.5 Å². The average Bonchev–Trinajstić information content (AvgIpc) is 3.85. The SMILES string of the molecule is CSNc1nn(C)c2c(-c3cc4sc(N5CC(C(N)=O)C5)nc4nc3C(Cc3cc(F)cc(F)c3)NC(=O)Cn3nc(C(F)(F)F)c4c3C(F)(F)CC4)cccc12. The molecule has 0 saturated carbocycles. The van der Waals surface area contributed by atoms with Crippen molar-refractivity contribution in [2.75, 3.05) is 29.0 Å². The number of aryl methyl sites for hydroxylation is 1. The van der Waals surface area contributed by atoms with Gasteiger partial charge in [-0.15, -0.1) is 0 Å². The number of thiazole rings is 1. The van der Waals surface area contributed by atoms with E-state index < -0.39 is 77.9 Å². The average molecular weight is 833 g/mol. The molecule has 6 aromatic rings. The number of primary amides is 1. The molecule has 1 unspecified atom stereocenters. The lowest BCUT2D eigenvalue weighted by atomic mass is 9.94. The van der Waals surface area contributed by atoms with Gasteiger partial charge < -0.3 is 20.7 Å². The van der Waals surface area contributed by atoms with Gasteiger partial charge in [0.25, 0.3) is 5.92 Å². The summed E-state index contributed by atoms with van der Waals surface area (Å²) >= 11 is 2.61. The van der Waals surface area contributed by atoms with Gasteiger partial charge in [0.2, 0.25) is 11.8 Å². The Morgan fingerprint density at radius 2 is 1.81 bits per heavy atom. The monoisotopic (exact) mass is 832 g/mol. The van der Waals surface area contributed by atoms with Crippen molar-refractivity contribution in [2.45, 2.75) is 43.9 Å². The number of pyridine rings is 1. The highest BCUT2D eigenvalue weighted by molar-refractivity contribution is 7.99. The molecule has 4 N–H and O–H groups in total. The molecular formula is C36H31F7N10O2S2. The molecule has 4 aromatic heterocycles. The fraction of sp³-hybridized carbons (Fsp3) is 0.333. The Labute approximate surface area is 326 Å². The molecular weight excluding hydrogens is 802 g/mol. The van der Waals surface area contributed by atoms with Gasteiger partial charge in [0.05, 0.1) is 27.9 Å². The molecule has 1 aliphatic heterocycles. The molecule has 5 heterocycles. The van der Waals surface area contributed by atoms with E-state index in [-0.39, 0.29) is 29.2 Å². The molecule has 8 rings (SSSR count). The van der Waals surface area contributed by atoms with E-state index >= 15 is 8.78 Å². The normalized spacial score (nSPS) is 15.9. The van der Waals surface area contributed by atoms with Crippen molar-refractivity contribution in [1.82, 2.24) is 34.8 Å². The van der Waals surface area contributed by atoms with E-state index in [1.165, 1.54) is 23.3 Å². The van der Waals surface area contributed by atoms with Crippen LogP contribution < -0.4 is 20.7 Å². The Bertz CT molecular complexity index is 2560. The fourth-order valence-electron chi connectivity index (χ4n) is 7.47. The zero-order chi connectivity index (χ0) is 40.6. The predicted molar refractivity (Wildman–Crippen MR) is 200 cm³/mol. The van der Waals surface area contributed by atoms with Crippen molar-refractivity contribution >= 4 is 67.3 Å². The van der Waals surface area contributed by atoms with Crippen LogP contribution in [0.3, 0.4) is 0 Å². The van der Waals surface area contributed by atoms with Crippen LogP contribution in [0.25, 0.3) is 32.4 Å². The summed E-state index contributed by atoms with van der Waals surface area (Å²) in [5.74, 6) is -6.76. The van der Waals surface area contributed by atoms with Crippen molar-refractivity contribution in [3.63, 3.8) is 0 Å². The van der Waals surface area contributed by atoms with Crippen LogP contribution in [0.1, 0.15) is 40.7 Å². The van der Waals surface area contributed by atoms with Crippen LogP contribution in [-0.4, -0.2) is 60.7 Å². The maximum absolute atomic E-state index is 15.0. The molecule has 0 radical (unpaired) electrons. The number of hydrogen-bond donors (Lipinski definition) is 3. The minimum absolute atomic E-state index is 0.0822. The first kappa shape index (κ1) is 38.4. The molecule has 2 aliphatic rings. The van der Waals surface area contributed by atoms with Gasteiger partial charge in [-0.1, -0.05) is 35.4 Å². The number of hydrogen-bond acceptors (Lipinski definition) is 10. The van der Waals surface area contributed by atoms with Gasteiger partial charge in [0.15, 0.2) is 22.3 Å². The number of nitrogens with two attached hydrogens (primary N) is 1. The van der Waals surface area contributed by atoms with Crippen LogP contribution in [0, 0.1) is 17.6 Å². The Hall–Kier alpha value is -5.44. The summed E-state index contributed by atoms with van der Waals surface area (Å²) in [5, 5.41) is 12.0. The molecule has 1 saturated heterocycles. The standard InChI is InChI=1S/C36H31F7N10O2S2/c1-51-28-20(4-3-5-21(28)32(49-51)50-56-2)23-12-25-33(47-34(57-25)52-13-17(14-52)31(44)55)46-27(23)24(10-16-8-18(37)11-19(38)9-16)45-26(54)15-53-30-22(6-7-35(30,39)40)29(48-53)36(41,42)43/h3-5,8-9,11-12,17,24H,6-7,10,13-15H2,1-2H3,(H2,44,55)(H,45,54)(H,49,50). The number of rotatable bonds is 11. The maximum Gasteiger partial charge on any atom is 0.435 e. The van der Waals surface area contributed by atoms with Crippen molar-refractivity contribution in [3.05, 3.63) is 82.3 Å². The number of fused-ring (bicyclic) bond motifs is 3. The van der Waals surface area contributed by atoms with Crippen LogP contribution in [0.5, 0.6) is 0 Å². The molecule has 1 aliphatic carbocycles. The van der Waals surface area contributed by atoms with E-state index in [4.69, 9.17) is 15.7 Å². The van der Waals surface area contributed by atoms with Crippen molar-refractivity contribution < 1.29 is 40.3 Å². The summed E-state index contributed by atoms with van der Waals surface area (Å²) in [6.07, 6.45) is -4.97. The highest BCUT2D eigenvalue weighted by Crippen LogP contribution is 2.47. The molecule has 57 heavy (non-hydrogen) atoms. The highest BCUT2D eigenvalue weighted by Gasteiger charge is 2.50. The molecule has 2 amide bonds. The molecule has 1 fully saturated rings. The van der Waals surface area contributed by atoms with Gasteiger partial charge >= 0.3 is 6.18 Å². The Morgan fingerprint density at radius 1 is 1.07 bits per heavy atom. The summed E-state index contributed by atoms with van der Waals surface area (Å²) in [5.41, 5.74) is 4.43. The van der Waals surface area contributed by atoms with Gasteiger partial charge in [0.1, 0.15) is 23.9 Å². The van der Waals surface area contributed by atoms with Gasteiger partial charge in [-0.3, -0.25) is 19.0 Å². The minimum Gasteiger partial charge on any atom is -0.369 e. The van der Waals surface area contributed by atoms with E-state index in [1.807, 2.05) is 17.2 Å². The number of nitrogens with zero attached hydrogens (tertiary/aromatic N) is 7. The summed E-state index contributed by atoms with van der Waals surface area (Å²) in [7, 11) is 1.73. The van der Waals surface area contributed by atoms with Gasteiger partial charge in [0, 0.05) is 61.0 Å². The quantitative estimate of drug-likeness (QED) is 0.0985. The van der Waals surface area contributed by atoms with Crippen LogP contribution in [-0.2, 0) is 48.1 Å². The third-order valence-electron chi connectivity index (χ3n) is 9.98. The third-order valence-corrected chi connectivity index (χ3v) is 11.4. The topological polar surface area (TPSA) is 149 Å². The minimum atomic E-state index is -5.05. The first-order valence-electron chi connectivity index (χ1n) is 17.4. The molecule has 21 heteroatoms. The van der Waals surface area contributed by atoms with E-state index in [0.29, 0.717) is 56.1 Å². The Balaban J connectivity index is 1.27. The molecule has 0 spiro atoms. The second-order valence-electron chi connectivity index (χ2n) is 13.9. The number of halogens is 7. The van der Waals surface area contributed by atoms with Gasteiger partial charge in [-0.25, -0.2) is 13.8 Å². The fourth-order valence-corrected chi connectivity index (χ4v) is 8.78. The molecule has 0 bridgehead atoms. The lowest BCUT2D eigenvalue weighted by Gasteiger charge is -2.36. The van der Waals surface area contributed by atoms with E-state index in [2.05, 4.69) is 20.2 Å². The van der Waals surface area contributed by atoms with Crippen molar-refractivity contribution in [1.29, 1.82) is 0 Å². The van der Waals surface area contributed by atoms with E-state index in [9.17, 15) is 31.5 Å². The molecule has 298 valence electrons.